The number of urea groups is 1. The second-order valence-corrected chi connectivity index (χ2v) is 6.59. The molecule has 19 heavy (non-hydrogen) atoms. The van der Waals surface area contributed by atoms with Crippen LogP contribution in [0.2, 0.25) is 0 Å². The maximum atomic E-state index is 12.4. The van der Waals surface area contributed by atoms with Gasteiger partial charge >= 0.3 is 6.03 Å². The summed E-state index contributed by atoms with van der Waals surface area (Å²) in [5.74, 6) is 6.90. The Bertz CT molecular complexity index is 463. The van der Waals surface area contributed by atoms with Crippen LogP contribution in [-0.2, 0) is 0 Å². The third-order valence-electron chi connectivity index (χ3n) is 3.32. The molecule has 5 heteroatoms. The smallest absolute Gasteiger partial charge is 0.324 e. The molecule has 0 N–H and O–H groups in total. The van der Waals surface area contributed by atoms with Crippen LogP contribution in [0, 0.1) is 0 Å². The van der Waals surface area contributed by atoms with Gasteiger partial charge in [-0.15, -0.1) is 0 Å². The van der Waals surface area contributed by atoms with Gasteiger partial charge in [0.05, 0.1) is 7.11 Å². The van der Waals surface area contributed by atoms with Gasteiger partial charge in [-0.3, -0.25) is 4.90 Å². The Morgan fingerprint density at radius 2 is 1.89 bits per heavy atom. The predicted molar refractivity (Wildman–Crippen MR) is 82.8 cm³/mol. The van der Waals surface area contributed by atoms with E-state index in [2.05, 4.69) is 5.87 Å². The summed E-state index contributed by atoms with van der Waals surface area (Å²) in [4.78, 5) is 16.0. The minimum Gasteiger partial charge on any atom is -0.497 e. The van der Waals surface area contributed by atoms with Gasteiger partial charge < -0.3 is 9.64 Å². The fraction of sp³-hybridized carbons (Fsp3) is 0.429. The zero-order valence-electron chi connectivity index (χ0n) is 11.5. The van der Waals surface area contributed by atoms with Crippen LogP contribution in [0.1, 0.15) is 0 Å². The molecule has 0 bridgehead atoms. The van der Waals surface area contributed by atoms with Crippen molar-refractivity contribution in [3.8, 4) is 5.75 Å². The summed E-state index contributed by atoms with van der Waals surface area (Å²) in [6.07, 6.45) is 0. The molecule has 0 radical (unpaired) electrons. The molecule has 1 aromatic rings. The molecule has 4 nitrogen and oxygen atoms in total. The number of nitrogens with zero attached hydrogens (tertiary/aromatic N) is 2. The molecule has 0 aromatic heterocycles. The van der Waals surface area contributed by atoms with Crippen molar-refractivity contribution in [2.45, 2.75) is 0 Å². The maximum Gasteiger partial charge on any atom is 0.324 e. The van der Waals surface area contributed by atoms with Gasteiger partial charge in [0.1, 0.15) is 5.75 Å². The minimum absolute atomic E-state index is 0.0573. The highest BCUT2D eigenvalue weighted by atomic mass is 32.2. The quantitative estimate of drug-likeness (QED) is 0.779. The standard InChI is InChI=1S/C14H20N2O2S/c1-15(12-4-6-13(18-2)7-5-12)14(17)16-8-10-19(3)11-9-16/h4-7H,3,8-11H2,1-2H3. The zero-order chi connectivity index (χ0) is 13.8. The van der Waals surface area contributed by atoms with E-state index in [-0.39, 0.29) is 16.5 Å². The van der Waals surface area contributed by atoms with E-state index < -0.39 is 0 Å². The van der Waals surface area contributed by atoms with Crippen molar-refractivity contribution in [1.82, 2.24) is 4.90 Å². The number of hydrogen-bond donors (Lipinski definition) is 0. The van der Waals surface area contributed by atoms with Gasteiger partial charge in [0.2, 0.25) is 0 Å². The largest absolute Gasteiger partial charge is 0.497 e. The summed E-state index contributed by atoms with van der Waals surface area (Å²) in [6, 6.07) is 7.58. The second-order valence-electron chi connectivity index (χ2n) is 4.55. The number of hydrogen-bond acceptors (Lipinski definition) is 2. The van der Waals surface area contributed by atoms with E-state index in [1.165, 1.54) is 0 Å². The number of carbonyl (C=O) groups excluding carboxylic acids is 1. The SMILES string of the molecule is C=S1CCN(C(=O)N(C)c2ccc(OC)cc2)CC1. The lowest BCUT2D eigenvalue weighted by molar-refractivity contribution is 0.211. The Hall–Kier alpha value is -1.49. The molecule has 0 spiro atoms. The molecule has 1 heterocycles. The lowest BCUT2D eigenvalue weighted by Gasteiger charge is -2.32. The van der Waals surface area contributed by atoms with E-state index in [0.717, 1.165) is 36.0 Å². The molecule has 0 saturated carbocycles. The highest BCUT2D eigenvalue weighted by Gasteiger charge is 2.21. The fourth-order valence-corrected chi connectivity index (χ4v) is 3.17. The molecular weight excluding hydrogens is 260 g/mol. The molecule has 1 fully saturated rings. The summed E-state index contributed by atoms with van der Waals surface area (Å²) < 4.78 is 5.12. The van der Waals surface area contributed by atoms with Crippen molar-refractivity contribution in [2.75, 3.05) is 43.7 Å². The number of amides is 2. The van der Waals surface area contributed by atoms with E-state index in [1.54, 1.807) is 12.0 Å². The van der Waals surface area contributed by atoms with E-state index >= 15 is 0 Å². The highest BCUT2D eigenvalue weighted by Crippen LogP contribution is 2.21. The van der Waals surface area contributed by atoms with Crippen LogP contribution in [0.25, 0.3) is 0 Å². The molecule has 2 amide bonds. The molecule has 1 aliphatic heterocycles. The van der Waals surface area contributed by atoms with E-state index in [9.17, 15) is 4.79 Å². The highest BCUT2D eigenvalue weighted by molar-refractivity contribution is 8.14. The first-order valence-corrected chi connectivity index (χ1v) is 7.99. The molecule has 0 atom stereocenters. The van der Waals surface area contributed by atoms with Crippen LogP contribution >= 0.6 is 10.5 Å². The third kappa shape index (κ3) is 3.29. The van der Waals surface area contributed by atoms with Crippen molar-refractivity contribution >= 4 is 28.1 Å². The monoisotopic (exact) mass is 280 g/mol. The number of methoxy groups -OCH3 is 1. The van der Waals surface area contributed by atoms with E-state index in [0.29, 0.717) is 0 Å². The van der Waals surface area contributed by atoms with Crippen LogP contribution in [0.15, 0.2) is 24.3 Å². The summed E-state index contributed by atoms with van der Waals surface area (Å²) in [5, 5.41) is 0. The predicted octanol–water partition coefficient (Wildman–Crippen LogP) is 2.27. The van der Waals surface area contributed by atoms with Gasteiger partial charge in [0, 0.05) is 37.3 Å². The second kappa shape index (κ2) is 6.10. The summed E-state index contributed by atoms with van der Waals surface area (Å²) in [5.41, 5.74) is 0.880. The normalized spacial score (nSPS) is 16.2. The Kier molecular flexibility index (Phi) is 4.47. The van der Waals surface area contributed by atoms with Gasteiger partial charge in [0.25, 0.3) is 0 Å². The summed E-state index contributed by atoms with van der Waals surface area (Å²) >= 11 is 0. The minimum atomic E-state index is 0.0573. The lowest BCUT2D eigenvalue weighted by Crippen LogP contribution is -2.45. The van der Waals surface area contributed by atoms with Crippen LogP contribution < -0.4 is 9.64 Å². The van der Waals surface area contributed by atoms with E-state index in [4.69, 9.17) is 4.74 Å². The molecule has 104 valence electrons. The van der Waals surface area contributed by atoms with Gasteiger partial charge in [0.15, 0.2) is 0 Å². The molecular formula is C14H20N2O2S. The van der Waals surface area contributed by atoms with Crippen LogP contribution in [0.3, 0.4) is 0 Å². The van der Waals surface area contributed by atoms with Crippen LogP contribution in [-0.4, -0.2) is 55.6 Å². The van der Waals surface area contributed by atoms with Crippen molar-refractivity contribution in [2.24, 2.45) is 0 Å². The third-order valence-corrected chi connectivity index (χ3v) is 4.84. The first-order valence-electron chi connectivity index (χ1n) is 6.25. The van der Waals surface area contributed by atoms with Gasteiger partial charge in [-0.25, -0.2) is 4.79 Å². The Morgan fingerprint density at radius 1 is 1.32 bits per heavy atom. The Labute approximate surface area is 116 Å². The molecule has 1 saturated heterocycles. The van der Waals surface area contributed by atoms with Gasteiger partial charge in [-0.05, 0) is 24.3 Å². The van der Waals surface area contributed by atoms with Crippen LogP contribution in [0.4, 0.5) is 10.5 Å². The first-order chi connectivity index (χ1) is 9.11. The molecule has 0 unspecified atom stereocenters. The van der Waals surface area contributed by atoms with Crippen molar-refractivity contribution in [1.29, 1.82) is 0 Å². The molecule has 1 aliphatic rings. The van der Waals surface area contributed by atoms with Gasteiger partial charge in [-0.2, -0.15) is 10.5 Å². The van der Waals surface area contributed by atoms with Crippen molar-refractivity contribution in [3.05, 3.63) is 24.3 Å². The first kappa shape index (κ1) is 13.9. The Morgan fingerprint density at radius 3 is 2.42 bits per heavy atom. The van der Waals surface area contributed by atoms with Crippen LogP contribution in [0.5, 0.6) is 5.75 Å². The zero-order valence-corrected chi connectivity index (χ0v) is 12.3. The number of benzene rings is 1. The average molecular weight is 280 g/mol. The fourth-order valence-electron chi connectivity index (χ4n) is 2.01. The molecule has 2 rings (SSSR count). The van der Waals surface area contributed by atoms with Crippen molar-refractivity contribution in [3.63, 3.8) is 0 Å². The number of anilines is 1. The average Bonchev–Trinajstić information content (AvgIpc) is 2.46. The summed E-state index contributed by atoms with van der Waals surface area (Å²) in [7, 11) is 3.67. The number of ether oxygens (including phenoxy) is 1. The van der Waals surface area contributed by atoms with Gasteiger partial charge in [-0.1, -0.05) is 5.87 Å². The Balaban J connectivity index is 2.03. The molecule has 1 aromatic carbocycles. The van der Waals surface area contributed by atoms with E-state index in [1.807, 2.05) is 36.2 Å². The lowest BCUT2D eigenvalue weighted by atomic mass is 10.3. The maximum absolute atomic E-state index is 12.4. The topological polar surface area (TPSA) is 32.8 Å². The van der Waals surface area contributed by atoms with Crippen molar-refractivity contribution < 1.29 is 9.53 Å². The number of carbonyl (C=O) groups is 1. The number of rotatable bonds is 2. The molecule has 0 aliphatic carbocycles. The summed E-state index contributed by atoms with van der Waals surface area (Å²) in [6.45, 7) is 1.62.